The van der Waals surface area contributed by atoms with E-state index in [2.05, 4.69) is 15.6 Å². The Hall–Kier alpha value is -3.28. The molecule has 3 aromatic rings. The molecule has 136 valence electrons. The Labute approximate surface area is 155 Å². The molecule has 0 atom stereocenters. The van der Waals surface area contributed by atoms with Crippen LogP contribution < -0.4 is 10.6 Å². The maximum Gasteiger partial charge on any atom is 0.256 e. The van der Waals surface area contributed by atoms with Crippen molar-refractivity contribution in [2.24, 2.45) is 5.92 Å². The Kier molecular flexibility index (Phi) is 4.32. The Bertz CT molecular complexity index is 1040. The molecule has 1 aliphatic carbocycles. The molecule has 2 aromatic carbocycles. The molecule has 1 aliphatic rings. The van der Waals surface area contributed by atoms with Crippen molar-refractivity contribution in [1.82, 2.24) is 4.98 Å². The van der Waals surface area contributed by atoms with Crippen molar-refractivity contribution >= 4 is 34.1 Å². The number of anilines is 2. The summed E-state index contributed by atoms with van der Waals surface area (Å²) in [7, 11) is 0. The van der Waals surface area contributed by atoms with Crippen molar-refractivity contribution in [3.63, 3.8) is 0 Å². The van der Waals surface area contributed by atoms with Crippen LogP contribution in [0.3, 0.4) is 0 Å². The zero-order chi connectivity index (χ0) is 19.0. The highest BCUT2D eigenvalue weighted by Gasteiger charge is 2.29. The highest BCUT2D eigenvalue weighted by molar-refractivity contribution is 6.12. The molecule has 5 nitrogen and oxygen atoms in total. The molecular formula is C21H18FN3O2. The first-order valence-corrected chi connectivity index (χ1v) is 8.79. The quantitative estimate of drug-likeness (QED) is 0.727. The van der Waals surface area contributed by atoms with Gasteiger partial charge in [-0.3, -0.25) is 14.6 Å². The SMILES string of the molecule is Cc1cc(C(=O)Nc2ccc(NC(=O)C3CC3)cc2)c2ccc(F)cc2n1. The van der Waals surface area contributed by atoms with Crippen LogP contribution in [-0.4, -0.2) is 16.8 Å². The number of aryl methyl sites for hydroxylation is 1. The predicted octanol–water partition coefficient (Wildman–Crippen LogP) is 4.28. The molecule has 1 saturated carbocycles. The zero-order valence-corrected chi connectivity index (χ0v) is 14.8. The Morgan fingerprint density at radius 3 is 2.33 bits per heavy atom. The minimum Gasteiger partial charge on any atom is -0.326 e. The standard InChI is InChI=1S/C21H18FN3O2/c1-12-10-18(17-9-4-14(22)11-19(17)23-12)21(27)25-16-7-5-15(6-8-16)24-20(26)13-2-3-13/h4-11,13H,2-3H2,1H3,(H,24,26)(H,25,27). The molecule has 0 unspecified atom stereocenters. The largest absolute Gasteiger partial charge is 0.326 e. The number of carbonyl (C=O) groups excluding carboxylic acids is 2. The van der Waals surface area contributed by atoms with E-state index in [4.69, 9.17) is 0 Å². The first-order chi connectivity index (χ1) is 13.0. The van der Waals surface area contributed by atoms with Crippen LogP contribution in [0.1, 0.15) is 28.9 Å². The zero-order valence-electron chi connectivity index (χ0n) is 14.8. The second kappa shape index (κ2) is 6.79. The number of nitrogens with zero attached hydrogens (tertiary/aromatic N) is 1. The molecule has 0 bridgehead atoms. The summed E-state index contributed by atoms with van der Waals surface area (Å²) in [5.41, 5.74) is 2.82. The minimum absolute atomic E-state index is 0.0396. The molecule has 0 radical (unpaired) electrons. The fraction of sp³-hybridized carbons (Fsp3) is 0.190. The second-order valence-electron chi connectivity index (χ2n) is 6.77. The van der Waals surface area contributed by atoms with Gasteiger partial charge in [-0.2, -0.15) is 0 Å². The summed E-state index contributed by atoms with van der Waals surface area (Å²) in [6.07, 6.45) is 1.90. The number of hydrogen-bond donors (Lipinski definition) is 2. The Morgan fingerprint density at radius 1 is 1.00 bits per heavy atom. The van der Waals surface area contributed by atoms with Crippen LogP contribution in [0, 0.1) is 18.7 Å². The van der Waals surface area contributed by atoms with E-state index in [-0.39, 0.29) is 17.7 Å². The third-order valence-electron chi connectivity index (χ3n) is 4.50. The lowest BCUT2D eigenvalue weighted by Gasteiger charge is -2.10. The van der Waals surface area contributed by atoms with Gasteiger partial charge in [0.05, 0.1) is 11.1 Å². The van der Waals surface area contributed by atoms with Crippen LogP contribution in [0.15, 0.2) is 48.5 Å². The average Bonchev–Trinajstić information content (AvgIpc) is 3.47. The minimum atomic E-state index is -0.393. The summed E-state index contributed by atoms with van der Waals surface area (Å²) in [4.78, 5) is 28.8. The molecule has 2 N–H and O–H groups in total. The Balaban J connectivity index is 1.53. The summed E-state index contributed by atoms with van der Waals surface area (Å²) < 4.78 is 13.5. The summed E-state index contributed by atoms with van der Waals surface area (Å²) in [6, 6.07) is 12.8. The highest BCUT2D eigenvalue weighted by Crippen LogP contribution is 2.30. The summed E-state index contributed by atoms with van der Waals surface area (Å²) >= 11 is 0. The number of fused-ring (bicyclic) bond motifs is 1. The van der Waals surface area contributed by atoms with Crippen molar-refractivity contribution in [1.29, 1.82) is 0 Å². The van der Waals surface area contributed by atoms with E-state index in [9.17, 15) is 14.0 Å². The maximum absolute atomic E-state index is 13.5. The van der Waals surface area contributed by atoms with Crippen LogP contribution in [0.4, 0.5) is 15.8 Å². The van der Waals surface area contributed by atoms with Gasteiger partial charge < -0.3 is 10.6 Å². The van der Waals surface area contributed by atoms with Crippen molar-refractivity contribution in [2.45, 2.75) is 19.8 Å². The van der Waals surface area contributed by atoms with Crippen LogP contribution in [0.25, 0.3) is 10.9 Å². The van der Waals surface area contributed by atoms with Crippen molar-refractivity contribution in [2.75, 3.05) is 10.6 Å². The number of pyridine rings is 1. The van der Waals surface area contributed by atoms with Gasteiger partial charge in [0, 0.05) is 34.4 Å². The molecule has 1 aromatic heterocycles. The normalized spacial score (nSPS) is 13.4. The van der Waals surface area contributed by atoms with Gasteiger partial charge >= 0.3 is 0 Å². The molecule has 0 saturated heterocycles. The van der Waals surface area contributed by atoms with Gasteiger partial charge in [0.25, 0.3) is 5.91 Å². The smallest absolute Gasteiger partial charge is 0.256 e. The lowest BCUT2D eigenvalue weighted by Crippen LogP contribution is -2.14. The van der Waals surface area contributed by atoms with E-state index in [1.807, 2.05) is 0 Å². The Morgan fingerprint density at radius 2 is 1.67 bits per heavy atom. The van der Waals surface area contributed by atoms with Crippen LogP contribution in [-0.2, 0) is 4.79 Å². The van der Waals surface area contributed by atoms with Crippen LogP contribution >= 0.6 is 0 Å². The van der Waals surface area contributed by atoms with Crippen molar-refractivity contribution in [3.8, 4) is 0 Å². The topological polar surface area (TPSA) is 71.1 Å². The van der Waals surface area contributed by atoms with E-state index in [0.29, 0.717) is 33.5 Å². The summed E-state index contributed by atoms with van der Waals surface area (Å²) in [5.74, 6) is -0.516. The molecule has 6 heteroatoms. The third kappa shape index (κ3) is 3.79. The lowest BCUT2D eigenvalue weighted by molar-refractivity contribution is -0.117. The number of aromatic nitrogens is 1. The monoisotopic (exact) mass is 363 g/mol. The van der Waals surface area contributed by atoms with E-state index >= 15 is 0 Å². The van der Waals surface area contributed by atoms with E-state index in [1.54, 1.807) is 43.3 Å². The average molecular weight is 363 g/mol. The van der Waals surface area contributed by atoms with Gasteiger partial charge in [-0.05, 0) is 62.2 Å². The number of hydrogen-bond acceptors (Lipinski definition) is 3. The predicted molar refractivity (Wildman–Crippen MR) is 102 cm³/mol. The summed E-state index contributed by atoms with van der Waals surface area (Å²) in [6.45, 7) is 1.76. The molecule has 1 heterocycles. The molecule has 0 spiro atoms. The van der Waals surface area contributed by atoms with Crippen LogP contribution in [0.5, 0.6) is 0 Å². The lowest BCUT2D eigenvalue weighted by atomic mass is 10.1. The van der Waals surface area contributed by atoms with E-state index in [0.717, 1.165) is 12.8 Å². The number of benzene rings is 2. The number of amides is 2. The van der Waals surface area contributed by atoms with Gasteiger partial charge in [-0.25, -0.2) is 4.39 Å². The molecule has 4 rings (SSSR count). The van der Waals surface area contributed by atoms with Crippen LogP contribution in [0.2, 0.25) is 0 Å². The second-order valence-corrected chi connectivity index (χ2v) is 6.77. The molecule has 27 heavy (non-hydrogen) atoms. The fourth-order valence-corrected chi connectivity index (χ4v) is 2.95. The van der Waals surface area contributed by atoms with E-state index in [1.165, 1.54) is 12.1 Å². The maximum atomic E-state index is 13.5. The molecule has 2 amide bonds. The summed E-state index contributed by atoms with van der Waals surface area (Å²) in [5, 5.41) is 6.28. The molecule has 1 fully saturated rings. The number of nitrogens with one attached hydrogen (secondary N) is 2. The van der Waals surface area contributed by atoms with Crippen molar-refractivity contribution < 1.29 is 14.0 Å². The van der Waals surface area contributed by atoms with Gasteiger partial charge in [-0.1, -0.05) is 0 Å². The number of carbonyl (C=O) groups is 2. The molecule has 0 aliphatic heterocycles. The van der Waals surface area contributed by atoms with Gasteiger partial charge in [0.1, 0.15) is 5.82 Å². The third-order valence-corrected chi connectivity index (χ3v) is 4.50. The fourth-order valence-electron chi connectivity index (χ4n) is 2.95. The number of halogens is 1. The van der Waals surface area contributed by atoms with Gasteiger partial charge in [-0.15, -0.1) is 0 Å². The first-order valence-electron chi connectivity index (χ1n) is 8.79. The first kappa shape index (κ1) is 17.1. The van der Waals surface area contributed by atoms with Gasteiger partial charge in [0.2, 0.25) is 5.91 Å². The highest BCUT2D eigenvalue weighted by atomic mass is 19.1. The van der Waals surface area contributed by atoms with Crippen molar-refractivity contribution in [3.05, 3.63) is 65.6 Å². The van der Waals surface area contributed by atoms with E-state index < -0.39 is 5.82 Å². The number of rotatable bonds is 4. The van der Waals surface area contributed by atoms with Gasteiger partial charge in [0.15, 0.2) is 0 Å². The molecular weight excluding hydrogens is 345 g/mol.